The van der Waals surface area contributed by atoms with Gasteiger partial charge in [-0.1, -0.05) is 12.1 Å². The lowest BCUT2D eigenvalue weighted by molar-refractivity contribution is -0.130. The van der Waals surface area contributed by atoms with Crippen LogP contribution in [0.2, 0.25) is 0 Å². The van der Waals surface area contributed by atoms with Gasteiger partial charge >= 0.3 is 0 Å². The molecule has 0 radical (unpaired) electrons. The van der Waals surface area contributed by atoms with E-state index >= 15 is 0 Å². The highest BCUT2D eigenvalue weighted by molar-refractivity contribution is 7.90. The molecule has 0 N–H and O–H groups in total. The van der Waals surface area contributed by atoms with Crippen LogP contribution in [0.4, 0.5) is 0 Å². The zero-order valence-corrected chi connectivity index (χ0v) is 13.0. The Morgan fingerprint density at radius 3 is 2.05 bits per heavy atom. The first-order valence-electron chi connectivity index (χ1n) is 6.89. The Labute approximate surface area is 124 Å². The van der Waals surface area contributed by atoms with Crippen LogP contribution in [0.3, 0.4) is 0 Å². The Hall–Kier alpha value is -1.69. The van der Waals surface area contributed by atoms with Crippen molar-refractivity contribution in [2.75, 3.05) is 19.3 Å². The summed E-state index contributed by atoms with van der Waals surface area (Å²) in [4.78, 5) is 25.6. The summed E-state index contributed by atoms with van der Waals surface area (Å²) in [7, 11) is -3.24. The van der Waals surface area contributed by atoms with Crippen LogP contribution in [-0.4, -0.2) is 44.4 Å². The van der Waals surface area contributed by atoms with Gasteiger partial charge in [0.25, 0.3) is 0 Å². The van der Waals surface area contributed by atoms with Crippen molar-refractivity contribution < 1.29 is 18.0 Å². The minimum absolute atomic E-state index is 0.0262. The summed E-state index contributed by atoms with van der Waals surface area (Å²) in [5.41, 5.74) is 0.531. The fourth-order valence-electron chi connectivity index (χ4n) is 2.56. The number of carbonyl (C=O) groups excluding carboxylic acids is 2. The number of likely N-dealkylation sites (tertiary alicyclic amines) is 1. The first-order chi connectivity index (χ1) is 9.79. The van der Waals surface area contributed by atoms with Gasteiger partial charge < -0.3 is 4.90 Å². The second-order valence-electron chi connectivity index (χ2n) is 5.44. The van der Waals surface area contributed by atoms with E-state index in [9.17, 15) is 18.0 Å². The maximum atomic E-state index is 12.4. The van der Waals surface area contributed by atoms with Crippen LogP contribution >= 0.6 is 0 Å². The Bertz CT molecular complexity index is 641. The highest BCUT2D eigenvalue weighted by Crippen LogP contribution is 2.22. The van der Waals surface area contributed by atoms with Gasteiger partial charge in [-0.3, -0.25) is 9.59 Å². The summed E-state index contributed by atoms with van der Waals surface area (Å²) in [5.74, 6) is -0.0265. The number of ketones is 1. The number of carbonyl (C=O) groups is 2. The van der Waals surface area contributed by atoms with E-state index < -0.39 is 9.84 Å². The normalized spacial score (nSPS) is 16.8. The molecule has 1 aliphatic rings. The number of amides is 1. The second kappa shape index (κ2) is 5.97. The van der Waals surface area contributed by atoms with Crippen molar-refractivity contribution in [2.45, 2.75) is 24.7 Å². The van der Waals surface area contributed by atoms with Crippen LogP contribution in [0, 0.1) is 5.92 Å². The van der Waals surface area contributed by atoms with E-state index in [2.05, 4.69) is 0 Å². The van der Waals surface area contributed by atoms with E-state index in [4.69, 9.17) is 0 Å². The number of benzene rings is 1. The van der Waals surface area contributed by atoms with Crippen molar-refractivity contribution >= 4 is 21.5 Å². The minimum Gasteiger partial charge on any atom is -0.343 e. The smallest absolute Gasteiger partial charge is 0.219 e. The maximum absolute atomic E-state index is 12.4. The van der Waals surface area contributed by atoms with Crippen LogP contribution in [0.5, 0.6) is 0 Å². The van der Waals surface area contributed by atoms with Gasteiger partial charge in [-0.25, -0.2) is 8.42 Å². The van der Waals surface area contributed by atoms with Gasteiger partial charge in [0.05, 0.1) is 4.90 Å². The zero-order valence-electron chi connectivity index (χ0n) is 12.2. The fraction of sp³-hybridized carbons (Fsp3) is 0.467. The van der Waals surface area contributed by atoms with Crippen LogP contribution in [-0.2, 0) is 14.6 Å². The molecule has 114 valence electrons. The van der Waals surface area contributed by atoms with E-state index in [-0.39, 0.29) is 22.5 Å². The van der Waals surface area contributed by atoms with E-state index in [1.54, 1.807) is 17.0 Å². The van der Waals surface area contributed by atoms with E-state index in [0.717, 1.165) is 6.26 Å². The first-order valence-corrected chi connectivity index (χ1v) is 8.78. The SMILES string of the molecule is CC(=O)N1CCC(C(=O)c2ccc(S(C)(=O)=O)cc2)CC1. The largest absolute Gasteiger partial charge is 0.343 e. The molecule has 1 saturated heterocycles. The number of Topliss-reactive ketones (excluding diaryl/α,β-unsaturated/α-hetero) is 1. The molecule has 1 aromatic rings. The predicted molar refractivity (Wildman–Crippen MR) is 78.9 cm³/mol. The van der Waals surface area contributed by atoms with E-state index in [1.165, 1.54) is 19.1 Å². The van der Waals surface area contributed by atoms with Crippen molar-refractivity contribution in [3.63, 3.8) is 0 Å². The lowest BCUT2D eigenvalue weighted by Crippen LogP contribution is -2.39. The number of rotatable bonds is 3. The average Bonchev–Trinajstić information content (AvgIpc) is 2.46. The minimum atomic E-state index is -3.24. The van der Waals surface area contributed by atoms with Gasteiger partial charge in [-0.15, -0.1) is 0 Å². The Kier molecular flexibility index (Phi) is 4.46. The molecule has 1 fully saturated rings. The van der Waals surface area contributed by atoms with Crippen molar-refractivity contribution in [3.8, 4) is 0 Å². The van der Waals surface area contributed by atoms with Gasteiger partial charge in [0.15, 0.2) is 15.6 Å². The van der Waals surface area contributed by atoms with E-state index in [1.807, 2.05) is 0 Å². The second-order valence-corrected chi connectivity index (χ2v) is 7.46. The molecule has 0 aliphatic carbocycles. The summed E-state index contributed by atoms with van der Waals surface area (Å²) in [6, 6.07) is 6.06. The number of sulfone groups is 1. The summed E-state index contributed by atoms with van der Waals surface area (Å²) < 4.78 is 22.8. The number of hydrogen-bond acceptors (Lipinski definition) is 4. The monoisotopic (exact) mass is 309 g/mol. The lowest BCUT2D eigenvalue weighted by Gasteiger charge is -2.30. The van der Waals surface area contributed by atoms with Crippen LogP contribution < -0.4 is 0 Å². The van der Waals surface area contributed by atoms with Crippen LogP contribution in [0.1, 0.15) is 30.1 Å². The molecular formula is C15H19NO4S. The van der Waals surface area contributed by atoms with Crippen molar-refractivity contribution in [1.82, 2.24) is 4.90 Å². The molecule has 21 heavy (non-hydrogen) atoms. The summed E-state index contributed by atoms with van der Waals surface area (Å²) in [5, 5.41) is 0. The van der Waals surface area contributed by atoms with E-state index in [0.29, 0.717) is 31.5 Å². The highest BCUT2D eigenvalue weighted by atomic mass is 32.2. The molecule has 0 bridgehead atoms. The molecule has 0 atom stereocenters. The molecule has 2 rings (SSSR count). The predicted octanol–water partition coefficient (Wildman–Crippen LogP) is 1.53. The van der Waals surface area contributed by atoms with Crippen molar-refractivity contribution in [1.29, 1.82) is 0 Å². The Morgan fingerprint density at radius 1 is 1.10 bits per heavy atom. The fourth-order valence-corrected chi connectivity index (χ4v) is 3.19. The molecule has 1 aliphatic heterocycles. The molecule has 6 heteroatoms. The standard InChI is InChI=1S/C15H19NO4S/c1-11(17)16-9-7-13(8-10-16)15(18)12-3-5-14(6-4-12)21(2,19)20/h3-6,13H,7-10H2,1-2H3. The maximum Gasteiger partial charge on any atom is 0.219 e. The zero-order chi connectivity index (χ0) is 15.6. The Balaban J connectivity index is 2.06. The number of hydrogen-bond donors (Lipinski definition) is 0. The molecular weight excluding hydrogens is 290 g/mol. The highest BCUT2D eigenvalue weighted by Gasteiger charge is 2.26. The molecule has 0 aromatic heterocycles. The van der Waals surface area contributed by atoms with Crippen molar-refractivity contribution in [2.24, 2.45) is 5.92 Å². The molecule has 1 aromatic carbocycles. The van der Waals surface area contributed by atoms with Gasteiger partial charge in [-0.05, 0) is 25.0 Å². The topological polar surface area (TPSA) is 71.5 Å². The lowest BCUT2D eigenvalue weighted by atomic mass is 9.89. The molecule has 0 saturated carbocycles. The van der Waals surface area contributed by atoms with Crippen LogP contribution in [0.25, 0.3) is 0 Å². The average molecular weight is 309 g/mol. The third-order valence-corrected chi connectivity index (χ3v) is 5.01. The quantitative estimate of drug-likeness (QED) is 0.794. The number of piperidine rings is 1. The first kappa shape index (κ1) is 15.7. The summed E-state index contributed by atoms with van der Waals surface area (Å²) >= 11 is 0. The Morgan fingerprint density at radius 2 is 1.62 bits per heavy atom. The molecule has 0 unspecified atom stereocenters. The van der Waals surface area contributed by atoms with Gasteiger partial charge in [-0.2, -0.15) is 0 Å². The summed E-state index contributed by atoms with van der Waals surface area (Å²) in [6.07, 6.45) is 2.46. The summed E-state index contributed by atoms with van der Waals surface area (Å²) in [6.45, 7) is 2.74. The van der Waals surface area contributed by atoms with Crippen molar-refractivity contribution in [3.05, 3.63) is 29.8 Å². The van der Waals surface area contributed by atoms with Gasteiger partial charge in [0, 0.05) is 37.8 Å². The van der Waals surface area contributed by atoms with Gasteiger partial charge in [0.2, 0.25) is 5.91 Å². The number of nitrogens with zero attached hydrogens (tertiary/aromatic N) is 1. The molecule has 1 heterocycles. The molecule has 0 spiro atoms. The third-order valence-electron chi connectivity index (χ3n) is 3.88. The third kappa shape index (κ3) is 3.69. The van der Waals surface area contributed by atoms with Crippen LogP contribution in [0.15, 0.2) is 29.2 Å². The van der Waals surface area contributed by atoms with Gasteiger partial charge in [0.1, 0.15) is 0 Å². The molecule has 1 amide bonds. The molecule has 5 nitrogen and oxygen atoms in total.